The first kappa shape index (κ1) is 10.7. The highest BCUT2D eigenvalue weighted by atomic mass is 16.1. The Morgan fingerprint density at radius 3 is 3.06 bits per heavy atom. The molecule has 0 aliphatic carbocycles. The van der Waals surface area contributed by atoms with Gasteiger partial charge in [-0.05, 0) is 24.6 Å². The standard InChI is InChI=1S/C13H12N4O/c1-9-13(18)16-11-3-2-10(6-12(11)15-9)7-17-5-4-14-8-17/h2-6,8H,7H2,1H3,(H,16,18). The summed E-state index contributed by atoms with van der Waals surface area (Å²) in [6.45, 7) is 2.45. The van der Waals surface area contributed by atoms with Crippen LogP contribution in [-0.2, 0) is 6.54 Å². The van der Waals surface area contributed by atoms with E-state index in [9.17, 15) is 4.79 Å². The van der Waals surface area contributed by atoms with Crippen molar-refractivity contribution in [2.75, 3.05) is 0 Å². The molecule has 0 amide bonds. The van der Waals surface area contributed by atoms with E-state index in [1.54, 1.807) is 19.4 Å². The van der Waals surface area contributed by atoms with Gasteiger partial charge in [0.05, 0.1) is 17.4 Å². The number of aryl methyl sites for hydroxylation is 1. The molecule has 0 aliphatic heterocycles. The van der Waals surface area contributed by atoms with Crippen LogP contribution in [0.5, 0.6) is 0 Å². The van der Waals surface area contributed by atoms with Gasteiger partial charge in [-0.3, -0.25) is 4.79 Å². The number of hydrogen-bond acceptors (Lipinski definition) is 3. The third-order valence-corrected chi connectivity index (χ3v) is 2.85. The van der Waals surface area contributed by atoms with Crippen molar-refractivity contribution in [2.45, 2.75) is 13.5 Å². The van der Waals surface area contributed by atoms with E-state index in [4.69, 9.17) is 0 Å². The van der Waals surface area contributed by atoms with Crippen LogP contribution in [0.2, 0.25) is 0 Å². The van der Waals surface area contributed by atoms with Gasteiger partial charge in [0.25, 0.3) is 5.56 Å². The lowest BCUT2D eigenvalue weighted by molar-refractivity contribution is 0.798. The van der Waals surface area contributed by atoms with Crippen LogP contribution in [0.15, 0.2) is 41.7 Å². The van der Waals surface area contributed by atoms with Crippen molar-refractivity contribution >= 4 is 11.0 Å². The molecule has 1 aromatic carbocycles. The van der Waals surface area contributed by atoms with Gasteiger partial charge in [-0.1, -0.05) is 6.07 Å². The fourth-order valence-electron chi connectivity index (χ4n) is 1.91. The van der Waals surface area contributed by atoms with Crippen LogP contribution in [-0.4, -0.2) is 19.5 Å². The van der Waals surface area contributed by atoms with Crippen LogP contribution in [0, 0.1) is 6.92 Å². The first-order valence-electron chi connectivity index (χ1n) is 5.68. The summed E-state index contributed by atoms with van der Waals surface area (Å²) in [6, 6.07) is 5.85. The molecule has 2 heterocycles. The Hall–Kier alpha value is -2.43. The monoisotopic (exact) mass is 240 g/mol. The zero-order chi connectivity index (χ0) is 12.5. The summed E-state index contributed by atoms with van der Waals surface area (Å²) < 4.78 is 1.99. The summed E-state index contributed by atoms with van der Waals surface area (Å²) in [4.78, 5) is 22.6. The third kappa shape index (κ3) is 1.90. The van der Waals surface area contributed by atoms with Gasteiger partial charge in [-0.25, -0.2) is 9.97 Å². The van der Waals surface area contributed by atoms with E-state index in [1.807, 2.05) is 29.0 Å². The van der Waals surface area contributed by atoms with Crippen LogP contribution in [0.3, 0.4) is 0 Å². The molecule has 3 rings (SSSR count). The molecular weight excluding hydrogens is 228 g/mol. The minimum Gasteiger partial charge on any atom is -0.333 e. The van der Waals surface area contributed by atoms with E-state index < -0.39 is 0 Å². The zero-order valence-electron chi connectivity index (χ0n) is 9.92. The topological polar surface area (TPSA) is 63.6 Å². The average Bonchev–Trinajstić information content (AvgIpc) is 2.84. The van der Waals surface area contributed by atoms with E-state index in [-0.39, 0.29) is 5.56 Å². The highest BCUT2D eigenvalue weighted by molar-refractivity contribution is 5.74. The van der Waals surface area contributed by atoms with Crippen molar-refractivity contribution in [3.8, 4) is 0 Å². The fourth-order valence-corrected chi connectivity index (χ4v) is 1.91. The molecule has 5 heteroatoms. The Labute approximate surface area is 103 Å². The van der Waals surface area contributed by atoms with Crippen LogP contribution in [0.1, 0.15) is 11.3 Å². The van der Waals surface area contributed by atoms with E-state index in [0.29, 0.717) is 5.69 Å². The Kier molecular flexibility index (Phi) is 2.44. The van der Waals surface area contributed by atoms with Crippen molar-refractivity contribution in [3.05, 3.63) is 58.5 Å². The smallest absolute Gasteiger partial charge is 0.269 e. The summed E-state index contributed by atoms with van der Waals surface area (Å²) in [5.74, 6) is 0. The summed E-state index contributed by atoms with van der Waals surface area (Å²) in [5, 5.41) is 0. The SMILES string of the molecule is Cc1nc2cc(Cn3ccnc3)ccc2[nH]c1=O. The van der Waals surface area contributed by atoms with Crippen molar-refractivity contribution in [1.29, 1.82) is 0 Å². The van der Waals surface area contributed by atoms with Gasteiger partial charge in [0.2, 0.25) is 0 Å². The molecule has 90 valence electrons. The Bertz CT molecular complexity index is 743. The summed E-state index contributed by atoms with van der Waals surface area (Å²) >= 11 is 0. The van der Waals surface area contributed by atoms with E-state index in [2.05, 4.69) is 15.0 Å². The highest BCUT2D eigenvalue weighted by Crippen LogP contribution is 2.11. The second kappa shape index (κ2) is 4.10. The lowest BCUT2D eigenvalue weighted by Crippen LogP contribution is -2.11. The van der Waals surface area contributed by atoms with Gasteiger partial charge in [0, 0.05) is 18.9 Å². The molecule has 0 saturated heterocycles. The van der Waals surface area contributed by atoms with Crippen molar-refractivity contribution in [2.24, 2.45) is 0 Å². The molecule has 3 aromatic rings. The molecule has 0 unspecified atom stereocenters. The lowest BCUT2D eigenvalue weighted by atomic mass is 10.2. The molecule has 18 heavy (non-hydrogen) atoms. The molecular formula is C13H12N4O. The molecule has 2 aromatic heterocycles. The number of fused-ring (bicyclic) bond motifs is 1. The quantitative estimate of drug-likeness (QED) is 0.737. The van der Waals surface area contributed by atoms with Gasteiger partial charge < -0.3 is 9.55 Å². The maximum Gasteiger partial charge on any atom is 0.269 e. The minimum absolute atomic E-state index is 0.134. The molecule has 0 atom stereocenters. The first-order chi connectivity index (χ1) is 8.72. The summed E-state index contributed by atoms with van der Waals surface area (Å²) in [7, 11) is 0. The van der Waals surface area contributed by atoms with E-state index >= 15 is 0 Å². The number of rotatable bonds is 2. The van der Waals surface area contributed by atoms with Crippen LogP contribution < -0.4 is 5.56 Å². The maximum atomic E-state index is 11.4. The number of benzene rings is 1. The predicted molar refractivity (Wildman–Crippen MR) is 68.4 cm³/mol. The van der Waals surface area contributed by atoms with E-state index in [1.165, 1.54) is 0 Å². The molecule has 0 bridgehead atoms. The number of nitrogens with zero attached hydrogens (tertiary/aromatic N) is 3. The molecule has 0 saturated carbocycles. The van der Waals surface area contributed by atoms with E-state index in [0.717, 1.165) is 23.1 Å². The number of aromatic nitrogens is 4. The minimum atomic E-state index is -0.134. The Morgan fingerprint density at radius 2 is 2.28 bits per heavy atom. The second-order valence-electron chi connectivity index (χ2n) is 4.24. The highest BCUT2D eigenvalue weighted by Gasteiger charge is 2.02. The lowest BCUT2D eigenvalue weighted by Gasteiger charge is -2.04. The molecule has 1 N–H and O–H groups in total. The summed E-state index contributed by atoms with van der Waals surface area (Å²) in [6.07, 6.45) is 5.44. The van der Waals surface area contributed by atoms with Gasteiger partial charge in [-0.15, -0.1) is 0 Å². The normalized spacial score (nSPS) is 10.9. The van der Waals surface area contributed by atoms with Gasteiger partial charge >= 0.3 is 0 Å². The molecule has 0 radical (unpaired) electrons. The Balaban J connectivity index is 2.05. The summed E-state index contributed by atoms with van der Waals surface area (Å²) in [5.41, 5.74) is 3.05. The molecule has 0 aliphatic rings. The van der Waals surface area contributed by atoms with Gasteiger partial charge in [0.15, 0.2) is 0 Å². The zero-order valence-corrected chi connectivity index (χ0v) is 9.92. The predicted octanol–water partition coefficient (Wildman–Crippen LogP) is 1.48. The van der Waals surface area contributed by atoms with Crippen molar-refractivity contribution < 1.29 is 0 Å². The second-order valence-corrected chi connectivity index (χ2v) is 4.24. The number of H-pyrrole nitrogens is 1. The van der Waals surface area contributed by atoms with Gasteiger partial charge in [-0.2, -0.15) is 0 Å². The number of nitrogens with one attached hydrogen (secondary N) is 1. The average molecular weight is 240 g/mol. The molecule has 0 spiro atoms. The molecule has 5 nitrogen and oxygen atoms in total. The van der Waals surface area contributed by atoms with Crippen molar-refractivity contribution in [3.63, 3.8) is 0 Å². The number of imidazole rings is 1. The van der Waals surface area contributed by atoms with Crippen LogP contribution in [0.4, 0.5) is 0 Å². The van der Waals surface area contributed by atoms with Crippen molar-refractivity contribution in [1.82, 2.24) is 19.5 Å². The first-order valence-corrected chi connectivity index (χ1v) is 5.68. The fraction of sp³-hybridized carbons (Fsp3) is 0.154. The van der Waals surface area contributed by atoms with Crippen LogP contribution in [0.25, 0.3) is 11.0 Å². The van der Waals surface area contributed by atoms with Crippen LogP contribution >= 0.6 is 0 Å². The maximum absolute atomic E-state index is 11.4. The largest absolute Gasteiger partial charge is 0.333 e. The van der Waals surface area contributed by atoms with Gasteiger partial charge in [0.1, 0.15) is 5.69 Å². The Morgan fingerprint density at radius 1 is 1.39 bits per heavy atom. The molecule has 0 fully saturated rings. The number of aromatic amines is 1. The number of hydrogen-bond donors (Lipinski definition) is 1. The third-order valence-electron chi connectivity index (χ3n) is 2.85.